The number of rotatable bonds is 5. The highest BCUT2D eigenvalue weighted by molar-refractivity contribution is 5.97. The number of imide groups is 1. The van der Waals surface area contributed by atoms with E-state index < -0.39 is 45.9 Å². The quantitative estimate of drug-likeness (QED) is 0.466. The summed E-state index contributed by atoms with van der Waals surface area (Å²) in [6, 6.07) is 0. The second kappa shape index (κ2) is 9.76. The van der Waals surface area contributed by atoms with Crippen LogP contribution in [0.25, 0.3) is 0 Å². The summed E-state index contributed by atoms with van der Waals surface area (Å²) >= 11 is 0. The van der Waals surface area contributed by atoms with Gasteiger partial charge in [0.2, 0.25) is 0 Å². The highest BCUT2D eigenvalue weighted by Gasteiger charge is 2.60. The molecule has 0 aromatic rings. The fraction of sp³-hybridized carbons (Fsp3) is 0.870. The van der Waals surface area contributed by atoms with Crippen molar-refractivity contribution in [1.82, 2.24) is 4.90 Å². The van der Waals surface area contributed by atoms with Crippen LogP contribution in [0.2, 0.25) is 0 Å². The number of carbonyl (C=O) groups excluding carboxylic acids is 3. The van der Waals surface area contributed by atoms with Crippen molar-refractivity contribution in [2.24, 2.45) is 5.41 Å². The number of aliphatic hydroxyl groups excluding tert-OH is 1. The monoisotopic (exact) mass is 445 g/mol. The molecule has 0 fully saturated rings. The summed E-state index contributed by atoms with van der Waals surface area (Å²) in [5.41, 5.74) is -5.48. The van der Waals surface area contributed by atoms with Crippen molar-refractivity contribution in [3.05, 3.63) is 0 Å². The van der Waals surface area contributed by atoms with Gasteiger partial charge in [-0.2, -0.15) is 4.90 Å². The van der Waals surface area contributed by atoms with Crippen LogP contribution in [0.15, 0.2) is 0 Å². The maximum absolute atomic E-state index is 13.7. The average molecular weight is 446 g/mol. The lowest BCUT2D eigenvalue weighted by molar-refractivity contribution is -0.178. The molecule has 1 N–H and O–H groups in total. The molecule has 0 rings (SSSR count). The molecule has 0 radical (unpaired) electrons. The predicted molar refractivity (Wildman–Crippen MR) is 119 cm³/mol. The standard InChI is InChI=1S/C23H43NO7/c1-19(2,3)23(14-13-15-25,16(26)29-20(4,5)6)24(17(27)30-21(7,8)9)18(28)31-22(10,11)12/h25H,13-15H2,1-12H3/t23-/m1/s1. The lowest BCUT2D eigenvalue weighted by atomic mass is 9.69. The molecule has 0 aliphatic carbocycles. The van der Waals surface area contributed by atoms with Gasteiger partial charge in [-0.05, 0) is 80.6 Å². The molecule has 0 aromatic carbocycles. The smallest absolute Gasteiger partial charge is 0.420 e. The van der Waals surface area contributed by atoms with Gasteiger partial charge >= 0.3 is 18.2 Å². The van der Waals surface area contributed by atoms with Crippen molar-refractivity contribution >= 4 is 18.2 Å². The van der Waals surface area contributed by atoms with Crippen LogP contribution in [0.1, 0.15) is 95.9 Å². The molecule has 0 bridgehead atoms. The Morgan fingerprint density at radius 3 is 1.29 bits per heavy atom. The molecule has 0 aromatic heterocycles. The van der Waals surface area contributed by atoms with Gasteiger partial charge < -0.3 is 19.3 Å². The minimum Gasteiger partial charge on any atom is -0.458 e. The maximum Gasteiger partial charge on any atom is 0.420 e. The first-order valence-corrected chi connectivity index (χ1v) is 10.7. The Bertz CT molecular complexity index is 617. The fourth-order valence-electron chi connectivity index (χ4n) is 3.02. The number of amides is 2. The summed E-state index contributed by atoms with van der Waals surface area (Å²) in [6.45, 7) is 20.1. The molecular weight excluding hydrogens is 402 g/mol. The second-order valence-electron chi connectivity index (χ2n) is 11.7. The lowest BCUT2D eigenvalue weighted by Gasteiger charge is -2.49. The normalized spacial score (nSPS) is 15.0. The molecule has 0 aliphatic heterocycles. The summed E-state index contributed by atoms with van der Waals surface area (Å²) in [7, 11) is 0. The predicted octanol–water partition coefficient (Wildman–Crippen LogP) is 5.06. The van der Waals surface area contributed by atoms with E-state index in [2.05, 4.69) is 0 Å². The zero-order chi connectivity index (χ0) is 25.1. The molecule has 1 atom stereocenters. The maximum atomic E-state index is 13.7. The molecule has 0 saturated heterocycles. The van der Waals surface area contributed by atoms with Crippen molar-refractivity contribution in [3.63, 3.8) is 0 Å². The Morgan fingerprint density at radius 2 is 1.03 bits per heavy atom. The van der Waals surface area contributed by atoms with E-state index in [4.69, 9.17) is 14.2 Å². The Balaban J connectivity index is 6.95. The van der Waals surface area contributed by atoms with Crippen LogP contribution in [0.4, 0.5) is 9.59 Å². The molecule has 8 nitrogen and oxygen atoms in total. The van der Waals surface area contributed by atoms with Gasteiger partial charge in [-0.25, -0.2) is 14.4 Å². The fourth-order valence-corrected chi connectivity index (χ4v) is 3.02. The number of hydrogen-bond acceptors (Lipinski definition) is 7. The zero-order valence-corrected chi connectivity index (χ0v) is 21.5. The lowest BCUT2D eigenvalue weighted by Crippen LogP contribution is -2.68. The van der Waals surface area contributed by atoms with E-state index >= 15 is 0 Å². The van der Waals surface area contributed by atoms with Crippen molar-refractivity contribution in [2.75, 3.05) is 6.61 Å². The number of carbonyl (C=O) groups is 3. The third-order valence-corrected chi connectivity index (χ3v) is 4.21. The van der Waals surface area contributed by atoms with Gasteiger partial charge in [-0.15, -0.1) is 0 Å². The summed E-state index contributed by atoms with van der Waals surface area (Å²) in [5.74, 6) is -0.766. The number of nitrogens with zero attached hydrogens (tertiary/aromatic N) is 1. The van der Waals surface area contributed by atoms with Crippen LogP contribution in [-0.4, -0.2) is 57.1 Å². The third kappa shape index (κ3) is 8.67. The van der Waals surface area contributed by atoms with E-state index in [9.17, 15) is 19.5 Å². The van der Waals surface area contributed by atoms with E-state index in [0.717, 1.165) is 4.90 Å². The van der Waals surface area contributed by atoms with E-state index in [1.165, 1.54) is 0 Å². The number of ether oxygens (including phenoxy) is 3. The summed E-state index contributed by atoms with van der Waals surface area (Å²) in [4.78, 5) is 41.1. The molecule has 0 saturated carbocycles. The molecular formula is C23H43NO7. The van der Waals surface area contributed by atoms with Gasteiger partial charge in [0, 0.05) is 6.61 Å². The molecule has 0 unspecified atom stereocenters. The van der Waals surface area contributed by atoms with Crippen molar-refractivity contribution in [3.8, 4) is 0 Å². The Hall–Kier alpha value is -1.83. The van der Waals surface area contributed by atoms with E-state index in [1.54, 1.807) is 83.1 Å². The first-order valence-electron chi connectivity index (χ1n) is 10.7. The van der Waals surface area contributed by atoms with Gasteiger partial charge in [-0.1, -0.05) is 20.8 Å². The zero-order valence-electron chi connectivity index (χ0n) is 21.5. The Kier molecular flexibility index (Phi) is 9.18. The molecule has 31 heavy (non-hydrogen) atoms. The van der Waals surface area contributed by atoms with E-state index in [-0.39, 0.29) is 19.4 Å². The molecule has 2 amide bonds. The van der Waals surface area contributed by atoms with Gasteiger partial charge in [0.05, 0.1) is 0 Å². The van der Waals surface area contributed by atoms with E-state index in [0.29, 0.717) is 0 Å². The van der Waals surface area contributed by atoms with Crippen LogP contribution in [0.3, 0.4) is 0 Å². The SMILES string of the molecule is CC(C)(C)OC(=O)N(C(=O)OC(C)(C)C)[C@](CCCO)(C(=O)OC(C)(C)C)C(C)(C)C. The highest BCUT2D eigenvalue weighted by atomic mass is 16.6. The van der Waals surface area contributed by atoms with Crippen LogP contribution >= 0.6 is 0 Å². The summed E-state index contributed by atoms with van der Waals surface area (Å²) in [6.07, 6.45) is -1.90. The van der Waals surface area contributed by atoms with Crippen LogP contribution in [-0.2, 0) is 19.0 Å². The number of hydrogen-bond donors (Lipinski definition) is 1. The minimum atomic E-state index is -1.78. The van der Waals surface area contributed by atoms with Crippen LogP contribution in [0.5, 0.6) is 0 Å². The van der Waals surface area contributed by atoms with Crippen LogP contribution < -0.4 is 0 Å². The largest absolute Gasteiger partial charge is 0.458 e. The summed E-state index contributed by atoms with van der Waals surface area (Å²) < 4.78 is 16.7. The minimum absolute atomic E-state index is 0.0274. The molecule has 182 valence electrons. The highest BCUT2D eigenvalue weighted by Crippen LogP contribution is 2.43. The van der Waals surface area contributed by atoms with E-state index in [1.807, 2.05) is 0 Å². The van der Waals surface area contributed by atoms with Crippen molar-refractivity contribution in [2.45, 2.75) is 118 Å². The average Bonchev–Trinajstić information content (AvgIpc) is 2.43. The molecule has 8 heteroatoms. The Morgan fingerprint density at radius 1 is 0.677 bits per heavy atom. The number of esters is 1. The molecule has 0 heterocycles. The third-order valence-electron chi connectivity index (χ3n) is 4.21. The Labute approximate surface area is 187 Å². The van der Waals surface area contributed by atoms with Gasteiger partial charge in [0.25, 0.3) is 0 Å². The van der Waals surface area contributed by atoms with Crippen LogP contribution in [0, 0.1) is 5.41 Å². The first-order chi connectivity index (χ1) is 13.6. The first kappa shape index (κ1) is 29.2. The van der Waals surface area contributed by atoms with Gasteiger partial charge in [0.15, 0.2) is 5.54 Å². The van der Waals surface area contributed by atoms with Crippen molar-refractivity contribution < 1.29 is 33.7 Å². The summed E-state index contributed by atoms with van der Waals surface area (Å²) in [5, 5.41) is 9.54. The molecule has 0 spiro atoms. The van der Waals surface area contributed by atoms with Crippen molar-refractivity contribution in [1.29, 1.82) is 0 Å². The van der Waals surface area contributed by atoms with Gasteiger partial charge in [-0.3, -0.25) is 0 Å². The molecule has 0 aliphatic rings. The second-order valence-corrected chi connectivity index (χ2v) is 11.7. The topological polar surface area (TPSA) is 102 Å². The number of aliphatic hydroxyl groups is 1. The van der Waals surface area contributed by atoms with Gasteiger partial charge in [0.1, 0.15) is 16.8 Å².